The smallest absolute Gasteiger partial charge is 0.407 e. The Balaban J connectivity index is 1.33. The molecular formula is C27H34N4O5. The first-order chi connectivity index (χ1) is 17.4. The number of benzene rings is 2. The number of imide groups is 1. The van der Waals surface area contributed by atoms with Crippen LogP contribution in [0.5, 0.6) is 5.75 Å². The third-order valence-electron chi connectivity index (χ3n) is 6.96. The summed E-state index contributed by atoms with van der Waals surface area (Å²) in [5.74, 6) is 0.570. The Morgan fingerprint density at radius 2 is 1.78 bits per heavy atom. The molecule has 2 heterocycles. The highest BCUT2D eigenvalue weighted by atomic mass is 16.5. The Morgan fingerprint density at radius 3 is 2.42 bits per heavy atom. The van der Waals surface area contributed by atoms with Crippen LogP contribution in [0, 0.1) is 0 Å². The number of rotatable bonds is 9. The molecule has 2 aromatic rings. The molecule has 4 rings (SSSR count). The van der Waals surface area contributed by atoms with Crippen molar-refractivity contribution in [2.75, 3.05) is 33.4 Å². The van der Waals surface area contributed by atoms with Crippen molar-refractivity contribution in [2.24, 2.45) is 0 Å². The van der Waals surface area contributed by atoms with Gasteiger partial charge in [-0.25, -0.2) is 9.59 Å². The van der Waals surface area contributed by atoms with Gasteiger partial charge >= 0.3 is 12.1 Å². The summed E-state index contributed by atoms with van der Waals surface area (Å²) in [5, 5.41) is 5.93. The van der Waals surface area contributed by atoms with Crippen molar-refractivity contribution in [2.45, 2.75) is 44.3 Å². The van der Waals surface area contributed by atoms with Gasteiger partial charge in [-0.3, -0.25) is 9.69 Å². The van der Waals surface area contributed by atoms with E-state index in [1.54, 1.807) is 14.0 Å². The lowest BCUT2D eigenvalue weighted by molar-refractivity contribution is -0.133. The van der Waals surface area contributed by atoms with Crippen LogP contribution in [-0.2, 0) is 16.1 Å². The van der Waals surface area contributed by atoms with E-state index < -0.39 is 11.6 Å². The maximum absolute atomic E-state index is 13.3. The van der Waals surface area contributed by atoms with Gasteiger partial charge in [0.15, 0.2) is 0 Å². The Labute approximate surface area is 211 Å². The Hall–Kier alpha value is -3.59. The predicted molar refractivity (Wildman–Crippen MR) is 134 cm³/mol. The first-order valence-corrected chi connectivity index (χ1v) is 12.4. The van der Waals surface area contributed by atoms with Crippen LogP contribution in [-0.4, -0.2) is 66.7 Å². The number of hydrogen-bond donors (Lipinski definition) is 2. The third-order valence-corrected chi connectivity index (χ3v) is 6.96. The van der Waals surface area contributed by atoms with Crippen LogP contribution in [0.4, 0.5) is 9.59 Å². The van der Waals surface area contributed by atoms with Crippen molar-refractivity contribution >= 4 is 18.0 Å². The standard InChI is InChI=1S/C27H34N4O5/c1-3-36-26(34)28-23(21-7-5-4-6-8-21)13-16-30-17-14-27(15-18-30)24(32)31(25(33)29-27)19-20-9-11-22(35-2)12-10-20/h4-12,23H,3,13-19H2,1-2H3,(H,28,34)(H,29,33). The number of carbonyl (C=O) groups excluding carboxylic acids is 3. The minimum atomic E-state index is -0.845. The van der Waals surface area contributed by atoms with Gasteiger partial charge in [0.05, 0.1) is 26.3 Å². The number of ether oxygens (including phenoxy) is 2. The first-order valence-electron chi connectivity index (χ1n) is 12.4. The number of nitrogens with zero attached hydrogens (tertiary/aromatic N) is 2. The number of urea groups is 1. The summed E-state index contributed by atoms with van der Waals surface area (Å²) in [5.41, 5.74) is 1.04. The fourth-order valence-electron chi connectivity index (χ4n) is 4.86. The van der Waals surface area contributed by atoms with E-state index in [1.807, 2.05) is 54.6 Å². The predicted octanol–water partition coefficient (Wildman–Crippen LogP) is 3.46. The van der Waals surface area contributed by atoms with Gasteiger partial charge in [-0.2, -0.15) is 0 Å². The van der Waals surface area contributed by atoms with Crippen LogP contribution in [0.1, 0.15) is 43.4 Å². The van der Waals surface area contributed by atoms with Gasteiger partial charge in [-0.1, -0.05) is 42.5 Å². The van der Waals surface area contributed by atoms with Crippen LogP contribution in [0.3, 0.4) is 0 Å². The van der Waals surface area contributed by atoms with E-state index in [9.17, 15) is 14.4 Å². The number of methoxy groups -OCH3 is 1. The monoisotopic (exact) mass is 494 g/mol. The van der Waals surface area contributed by atoms with E-state index in [-0.39, 0.29) is 24.5 Å². The Morgan fingerprint density at radius 1 is 1.08 bits per heavy atom. The van der Waals surface area contributed by atoms with Crippen LogP contribution >= 0.6 is 0 Å². The van der Waals surface area contributed by atoms with Crippen LogP contribution in [0.2, 0.25) is 0 Å². The number of likely N-dealkylation sites (tertiary alicyclic amines) is 1. The molecule has 2 saturated heterocycles. The summed E-state index contributed by atoms with van der Waals surface area (Å²) < 4.78 is 10.3. The minimum Gasteiger partial charge on any atom is -0.497 e. The maximum Gasteiger partial charge on any atom is 0.407 e. The van der Waals surface area contributed by atoms with Gasteiger partial charge < -0.3 is 25.0 Å². The minimum absolute atomic E-state index is 0.158. The largest absolute Gasteiger partial charge is 0.497 e. The lowest BCUT2D eigenvalue weighted by Crippen LogP contribution is -2.55. The fraction of sp³-hybridized carbons (Fsp3) is 0.444. The number of piperidine rings is 1. The lowest BCUT2D eigenvalue weighted by Gasteiger charge is -2.37. The van der Waals surface area contributed by atoms with Crippen LogP contribution in [0.15, 0.2) is 54.6 Å². The van der Waals surface area contributed by atoms with Gasteiger partial charge in [-0.15, -0.1) is 0 Å². The lowest BCUT2D eigenvalue weighted by atomic mass is 9.87. The summed E-state index contributed by atoms with van der Waals surface area (Å²) in [6.07, 6.45) is 1.38. The van der Waals surface area contributed by atoms with E-state index in [0.717, 1.165) is 23.4 Å². The van der Waals surface area contributed by atoms with E-state index in [1.165, 1.54) is 4.90 Å². The topological polar surface area (TPSA) is 100 Å². The number of carbonyl (C=O) groups is 3. The average Bonchev–Trinajstić information content (AvgIpc) is 3.12. The molecule has 2 N–H and O–H groups in total. The van der Waals surface area contributed by atoms with Crippen LogP contribution in [0.25, 0.3) is 0 Å². The average molecular weight is 495 g/mol. The molecule has 192 valence electrons. The summed E-state index contributed by atoms with van der Waals surface area (Å²) in [7, 11) is 1.60. The summed E-state index contributed by atoms with van der Waals surface area (Å²) >= 11 is 0. The number of amides is 4. The maximum atomic E-state index is 13.3. The normalized spacial score (nSPS) is 18.1. The van der Waals surface area contributed by atoms with Gasteiger partial charge in [0.1, 0.15) is 11.3 Å². The van der Waals surface area contributed by atoms with E-state index in [2.05, 4.69) is 15.5 Å². The third kappa shape index (κ3) is 5.79. The highest BCUT2D eigenvalue weighted by molar-refractivity contribution is 6.07. The van der Waals surface area contributed by atoms with Crippen molar-refractivity contribution in [3.8, 4) is 5.75 Å². The fourth-order valence-corrected chi connectivity index (χ4v) is 4.86. The number of alkyl carbamates (subject to hydrolysis) is 1. The van der Waals surface area contributed by atoms with Crippen LogP contribution < -0.4 is 15.4 Å². The molecule has 4 amide bonds. The molecule has 9 heteroatoms. The molecule has 1 spiro atoms. The molecule has 0 aliphatic carbocycles. The molecule has 1 atom stereocenters. The Bertz CT molecular complexity index is 1050. The van der Waals surface area contributed by atoms with Crippen molar-refractivity contribution in [1.29, 1.82) is 0 Å². The number of nitrogens with one attached hydrogen (secondary N) is 2. The van der Waals surface area contributed by atoms with Gasteiger partial charge in [0.2, 0.25) is 0 Å². The molecule has 1 unspecified atom stereocenters. The molecule has 2 fully saturated rings. The zero-order chi connectivity index (χ0) is 25.5. The van der Waals surface area contributed by atoms with Crippen molar-refractivity contribution in [3.05, 3.63) is 65.7 Å². The van der Waals surface area contributed by atoms with Crippen molar-refractivity contribution in [3.63, 3.8) is 0 Å². The summed E-state index contributed by atoms with van der Waals surface area (Å²) in [6, 6.07) is 16.7. The van der Waals surface area contributed by atoms with Crippen molar-refractivity contribution in [1.82, 2.24) is 20.4 Å². The van der Waals surface area contributed by atoms with Crippen molar-refractivity contribution < 1.29 is 23.9 Å². The van der Waals surface area contributed by atoms with E-state index >= 15 is 0 Å². The zero-order valence-corrected chi connectivity index (χ0v) is 20.9. The number of hydrogen-bond acceptors (Lipinski definition) is 6. The molecule has 0 saturated carbocycles. The quantitative estimate of drug-likeness (QED) is 0.518. The second-order valence-electron chi connectivity index (χ2n) is 9.21. The molecule has 0 aromatic heterocycles. The molecule has 0 bridgehead atoms. The molecule has 2 aliphatic rings. The van der Waals surface area contributed by atoms with Gasteiger partial charge in [0, 0.05) is 19.6 Å². The SMILES string of the molecule is CCOC(=O)NC(CCN1CCC2(CC1)NC(=O)N(Cc1ccc(OC)cc1)C2=O)c1ccccc1. The first kappa shape index (κ1) is 25.5. The molecule has 2 aromatic carbocycles. The molecule has 0 radical (unpaired) electrons. The highest BCUT2D eigenvalue weighted by Gasteiger charge is 2.52. The summed E-state index contributed by atoms with van der Waals surface area (Å²) in [6.45, 7) is 4.45. The second-order valence-corrected chi connectivity index (χ2v) is 9.21. The van der Waals surface area contributed by atoms with E-state index in [0.29, 0.717) is 39.0 Å². The second kappa shape index (κ2) is 11.4. The van der Waals surface area contributed by atoms with Gasteiger partial charge in [0.25, 0.3) is 5.91 Å². The molecular weight excluding hydrogens is 460 g/mol. The van der Waals surface area contributed by atoms with Gasteiger partial charge in [-0.05, 0) is 49.4 Å². The molecule has 9 nitrogen and oxygen atoms in total. The highest BCUT2D eigenvalue weighted by Crippen LogP contribution is 2.31. The Kier molecular flexibility index (Phi) is 8.10. The zero-order valence-electron chi connectivity index (χ0n) is 20.9. The molecule has 36 heavy (non-hydrogen) atoms. The molecule has 2 aliphatic heterocycles. The van der Waals surface area contributed by atoms with E-state index in [4.69, 9.17) is 9.47 Å². The summed E-state index contributed by atoms with van der Waals surface area (Å²) in [4.78, 5) is 41.7.